The third kappa shape index (κ3) is 5.49. The Labute approximate surface area is 192 Å². The number of pyridine rings is 1. The highest BCUT2D eigenvalue weighted by Crippen LogP contribution is 2.27. The highest BCUT2D eigenvalue weighted by Gasteiger charge is 2.29. The van der Waals surface area contributed by atoms with Crippen LogP contribution in [0.1, 0.15) is 36.6 Å². The molecule has 3 aromatic rings. The first-order chi connectivity index (χ1) is 16.2. The number of carboxylic acid groups (broad SMARTS) is 1. The fourth-order valence-electron chi connectivity index (χ4n) is 2.98. The molecule has 172 valence electrons. The molecule has 2 aromatic carbocycles. The third-order valence-corrected chi connectivity index (χ3v) is 4.64. The summed E-state index contributed by atoms with van der Waals surface area (Å²) in [7, 11) is 1.48. The van der Waals surface area contributed by atoms with Gasteiger partial charge in [0.15, 0.2) is 0 Å². The van der Waals surface area contributed by atoms with Crippen molar-refractivity contribution in [1.29, 1.82) is 0 Å². The lowest BCUT2D eigenvalue weighted by Crippen LogP contribution is -2.27. The van der Waals surface area contributed by atoms with Gasteiger partial charge in [0, 0.05) is 23.4 Å². The number of carboxylic acids is 1. The first-order valence-electron chi connectivity index (χ1n) is 9.70. The normalized spacial score (nSPS) is 13.3. The quantitative estimate of drug-likeness (QED) is 0.398. The Kier molecular flexibility index (Phi) is 7.12. The van der Waals surface area contributed by atoms with Crippen molar-refractivity contribution in [2.75, 3.05) is 12.4 Å². The molecule has 0 bridgehead atoms. The standard InChI is InChI=1S/C17H10FNO4.C7H8N2O2/c18-11-3-1-2-9(6-11)7-13-15(20)12-8-10(17(22)23)4-5-14(12)19-16(13)21;1-11-6-4-5(7(8)10)2-3-9-6/h1-8H,(H,19,21)(H,22,23);2-4H,1H3,(H2,8,10)/b13-7-;. The van der Waals surface area contributed by atoms with Crippen LogP contribution in [0.4, 0.5) is 10.1 Å². The van der Waals surface area contributed by atoms with Crippen LogP contribution in [0.5, 0.6) is 5.88 Å². The number of anilines is 1. The average molecular weight is 463 g/mol. The molecule has 0 spiro atoms. The van der Waals surface area contributed by atoms with Crippen LogP contribution in [0, 0.1) is 5.82 Å². The van der Waals surface area contributed by atoms with E-state index < -0.39 is 29.4 Å². The van der Waals surface area contributed by atoms with E-state index in [1.165, 1.54) is 67.9 Å². The summed E-state index contributed by atoms with van der Waals surface area (Å²) in [4.78, 5) is 50.0. The summed E-state index contributed by atoms with van der Waals surface area (Å²) in [5, 5.41) is 11.5. The molecule has 4 rings (SSSR count). The maximum absolute atomic E-state index is 13.2. The van der Waals surface area contributed by atoms with Gasteiger partial charge in [0.25, 0.3) is 5.91 Å². The van der Waals surface area contributed by atoms with E-state index in [4.69, 9.17) is 15.6 Å². The number of ketones is 1. The number of amides is 2. The minimum absolute atomic E-state index is 0.0571. The van der Waals surface area contributed by atoms with Crippen molar-refractivity contribution in [3.05, 3.63) is 94.4 Å². The van der Waals surface area contributed by atoms with Gasteiger partial charge in [-0.15, -0.1) is 0 Å². The number of hydrogen-bond acceptors (Lipinski definition) is 6. The first kappa shape index (κ1) is 23.8. The van der Waals surface area contributed by atoms with Crippen molar-refractivity contribution in [2.45, 2.75) is 0 Å². The van der Waals surface area contributed by atoms with E-state index >= 15 is 0 Å². The second-order valence-electron chi connectivity index (χ2n) is 6.91. The molecular weight excluding hydrogens is 445 g/mol. The van der Waals surface area contributed by atoms with Crippen molar-refractivity contribution in [1.82, 2.24) is 4.98 Å². The predicted octanol–water partition coefficient (Wildman–Crippen LogP) is 2.93. The first-order valence-corrected chi connectivity index (χ1v) is 9.70. The van der Waals surface area contributed by atoms with Crippen LogP contribution in [0.25, 0.3) is 6.08 Å². The summed E-state index contributed by atoms with van der Waals surface area (Å²) in [5.41, 5.74) is 5.89. The number of nitrogens with two attached hydrogens (primary N) is 1. The Morgan fingerprint density at radius 3 is 2.50 bits per heavy atom. The molecule has 0 saturated carbocycles. The zero-order chi connectivity index (χ0) is 24.8. The molecule has 0 atom stereocenters. The number of hydrogen-bond donors (Lipinski definition) is 3. The van der Waals surface area contributed by atoms with Gasteiger partial charge in [-0.05, 0) is 48.0 Å². The van der Waals surface area contributed by atoms with Crippen molar-refractivity contribution in [3.8, 4) is 5.88 Å². The zero-order valence-corrected chi connectivity index (χ0v) is 17.7. The fourth-order valence-corrected chi connectivity index (χ4v) is 2.98. The number of halogens is 1. The molecule has 0 unspecified atom stereocenters. The van der Waals surface area contributed by atoms with E-state index in [0.717, 1.165) is 0 Å². The van der Waals surface area contributed by atoms with Gasteiger partial charge < -0.3 is 20.9 Å². The molecule has 0 aliphatic carbocycles. The third-order valence-electron chi connectivity index (χ3n) is 4.64. The van der Waals surface area contributed by atoms with Gasteiger partial charge >= 0.3 is 5.97 Å². The monoisotopic (exact) mass is 463 g/mol. The fraction of sp³-hybridized carbons (Fsp3) is 0.0417. The van der Waals surface area contributed by atoms with E-state index in [1.807, 2.05) is 0 Å². The summed E-state index contributed by atoms with van der Waals surface area (Å²) >= 11 is 0. The van der Waals surface area contributed by atoms with Crippen molar-refractivity contribution in [3.63, 3.8) is 0 Å². The summed E-state index contributed by atoms with van der Waals surface area (Å²) in [6.45, 7) is 0. The van der Waals surface area contributed by atoms with Gasteiger partial charge in [-0.1, -0.05) is 12.1 Å². The topological polar surface area (TPSA) is 149 Å². The summed E-state index contributed by atoms with van der Waals surface area (Å²) < 4.78 is 18.0. The molecule has 0 fully saturated rings. The van der Waals surface area contributed by atoms with Gasteiger partial charge in [0.2, 0.25) is 17.6 Å². The van der Waals surface area contributed by atoms with Gasteiger partial charge in [0.05, 0.1) is 23.9 Å². The van der Waals surface area contributed by atoms with Gasteiger partial charge in [-0.25, -0.2) is 14.2 Å². The number of methoxy groups -OCH3 is 1. The lowest BCUT2D eigenvalue weighted by molar-refractivity contribution is -0.112. The molecule has 1 aliphatic rings. The van der Waals surface area contributed by atoms with E-state index in [9.17, 15) is 23.6 Å². The molecule has 0 saturated heterocycles. The lowest BCUT2D eigenvalue weighted by Gasteiger charge is -2.18. The molecule has 2 heterocycles. The SMILES string of the molecule is COc1cc(C(N)=O)ccn1.O=C1Nc2ccc(C(=O)O)cc2C(=O)/C1=C/c1cccc(F)c1. The van der Waals surface area contributed by atoms with Crippen LogP contribution >= 0.6 is 0 Å². The van der Waals surface area contributed by atoms with Crippen molar-refractivity contribution < 1.29 is 33.4 Å². The van der Waals surface area contributed by atoms with Crippen molar-refractivity contribution >= 4 is 35.3 Å². The number of ether oxygens (including phenoxy) is 1. The number of nitrogens with zero attached hydrogens (tertiary/aromatic N) is 1. The van der Waals surface area contributed by atoms with Gasteiger partial charge in [0.1, 0.15) is 5.82 Å². The molecule has 34 heavy (non-hydrogen) atoms. The molecule has 2 amide bonds. The number of aromatic carboxylic acids is 1. The molecule has 0 radical (unpaired) electrons. The Morgan fingerprint density at radius 2 is 1.85 bits per heavy atom. The highest BCUT2D eigenvalue weighted by atomic mass is 19.1. The van der Waals surface area contributed by atoms with Gasteiger partial charge in [-0.3, -0.25) is 14.4 Å². The van der Waals surface area contributed by atoms with Crippen LogP contribution in [-0.4, -0.2) is 40.8 Å². The minimum Gasteiger partial charge on any atom is -0.481 e. The highest BCUT2D eigenvalue weighted by molar-refractivity contribution is 6.36. The van der Waals surface area contributed by atoms with E-state index in [1.54, 1.807) is 6.07 Å². The van der Waals surface area contributed by atoms with Gasteiger partial charge in [-0.2, -0.15) is 0 Å². The van der Waals surface area contributed by atoms with E-state index in [2.05, 4.69) is 10.3 Å². The molecular formula is C24H18FN3O6. The maximum atomic E-state index is 13.2. The van der Waals surface area contributed by atoms with Crippen LogP contribution in [0.3, 0.4) is 0 Å². The number of carbonyl (C=O) groups is 4. The van der Waals surface area contributed by atoms with Crippen LogP contribution in [-0.2, 0) is 4.79 Å². The molecule has 1 aromatic heterocycles. The largest absolute Gasteiger partial charge is 0.481 e. The molecule has 10 heteroatoms. The second-order valence-corrected chi connectivity index (χ2v) is 6.91. The molecule has 4 N–H and O–H groups in total. The Hall–Kier alpha value is -4.86. The number of nitrogens with one attached hydrogen (secondary N) is 1. The van der Waals surface area contributed by atoms with Crippen LogP contribution in [0.15, 0.2) is 66.4 Å². The number of primary amides is 1. The number of Topliss-reactive ketones (excluding diaryl/α,β-unsaturated/α-hetero) is 1. The summed E-state index contributed by atoms with van der Waals surface area (Å²) in [6, 6.07) is 12.4. The minimum atomic E-state index is -1.17. The van der Waals surface area contributed by atoms with Crippen LogP contribution < -0.4 is 15.8 Å². The number of carbonyl (C=O) groups excluding carboxylic acids is 3. The number of rotatable bonds is 4. The number of benzene rings is 2. The predicted molar refractivity (Wildman–Crippen MR) is 120 cm³/mol. The van der Waals surface area contributed by atoms with Crippen LogP contribution in [0.2, 0.25) is 0 Å². The van der Waals surface area contributed by atoms with E-state index in [-0.39, 0.29) is 22.4 Å². The molecule has 1 aliphatic heterocycles. The van der Waals surface area contributed by atoms with E-state index in [0.29, 0.717) is 17.0 Å². The second kappa shape index (κ2) is 10.2. The molecule has 9 nitrogen and oxygen atoms in total. The summed E-state index contributed by atoms with van der Waals surface area (Å²) in [6.07, 6.45) is 2.75. The Bertz CT molecular complexity index is 1340. The van der Waals surface area contributed by atoms with Crippen molar-refractivity contribution in [2.24, 2.45) is 5.73 Å². The number of aromatic nitrogens is 1. The zero-order valence-electron chi connectivity index (χ0n) is 17.7. The lowest BCUT2D eigenvalue weighted by atomic mass is 9.94. The maximum Gasteiger partial charge on any atom is 0.335 e. The Morgan fingerprint density at radius 1 is 1.09 bits per heavy atom. The smallest absolute Gasteiger partial charge is 0.335 e. The summed E-state index contributed by atoms with van der Waals surface area (Å²) in [5.74, 6) is -2.97. The number of fused-ring (bicyclic) bond motifs is 1. The average Bonchev–Trinajstić information content (AvgIpc) is 2.82. The Balaban J connectivity index is 0.000000248.